The molecule has 0 aliphatic rings. The van der Waals surface area contributed by atoms with Crippen LogP contribution in [-0.4, -0.2) is 10.9 Å². The number of benzene rings is 2. The smallest absolute Gasteiger partial charge is 0.349 e. The Hall–Kier alpha value is -3.46. The second kappa shape index (κ2) is 7.70. The summed E-state index contributed by atoms with van der Waals surface area (Å²) < 4.78 is 5.08. The number of rotatable bonds is 5. The number of nitrogens with zero attached hydrogens (tertiary/aromatic N) is 2. The van der Waals surface area contributed by atoms with Gasteiger partial charge in [-0.05, 0) is 36.3 Å². The molecule has 0 heterocycles. The number of hydrogen-bond donors (Lipinski definition) is 0. The first-order valence-corrected chi connectivity index (χ1v) is 7.08. The third-order valence-corrected chi connectivity index (χ3v) is 3.25. The number of nitro groups is 1. The first-order valence-electron chi connectivity index (χ1n) is 7.08. The van der Waals surface area contributed by atoms with Crippen molar-refractivity contribution in [2.75, 3.05) is 0 Å². The van der Waals surface area contributed by atoms with Gasteiger partial charge in [0.2, 0.25) is 0 Å². The van der Waals surface area contributed by atoms with E-state index in [1.807, 2.05) is 25.1 Å². The Morgan fingerprint density at radius 2 is 1.83 bits per heavy atom. The SMILES string of the molecule is Cc1ccc(/C=C(\C#N)C(=O)OCc2ccc([N+](=O)[O-])cc2)cc1. The van der Waals surface area contributed by atoms with Gasteiger partial charge in [0, 0.05) is 12.1 Å². The van der Waals surface area contributed by atoms with Crippen molar-refractivity contribution < 1.29 is 14.5 Å². The van der Waals surface area contributed by atoms with Crippen molar-refractivity contribution in [1.82, 2.24) is 0 Å². The highest BCUT2D eigenvalue weighted by atomic mass is 16.6. The second-order valence-corrected chi connectivity index (χ2v) is 5.08. The fourth-order valence-electron chi connectivity index (χ4n) is 1.91. The van der Waals surface area contributed by atoms with E-state index >= 15 is 0 Å². The molecule has 24 heavy (non-hydrogen) atoms. The van der Waals surface area contributed by atoms with E-state index in [0.717, 1.165) is 11.1 Å². The number of carbonyl (C=O) groups excluding carboxylic acids is 1. The summed E-state index contributed by atoms with van der Waals surface area (Å²) in [5, 5.41) is 19.7. The quantitative estimate of drug-likeness (QED) is 0.276. The molecule has 0 atom stereocenters. The molecule has 0 spiro atoms. The van der Waals surface area contributed by atoms with Crippen molar-refractivity contribution >= 4 is 17.7 Å². The van der Waals surface area contributed by atoms with Crippen molar-refractivity contribution in [3.8, 4) is 6.07 Å². The molecule has 0 aromatic heterocycles. The molecule has 0 aliphatic carbocycles. The van der Waals surface area contributed by atoms with Crippen LogP contribution in [0.25, 0.3) is 6.08 Å². The molecule has 6 heteroatoms. The summed E-state index contributed by atoms with van der Waals surface area (Å²) in [6.45, 7) is 1.88. The van der Waals surface area contributed by atoms with Gasteiger partial charge >= 0.3 is 5.97 Å². The zero-order valence-electron chi connectivity index (χ0n) is 12.9. The van der Waals surface area contributed by atoms with Gasteiger partial charge in [-0.3, -0.25) is 10.1 Å². The maximum absolute atomic E-state index is 12.0. The number of non-ortho nitro benzene ring substituents is 1. The molecule has 0 N–H and O–H groups in total. The average Bonchev–Trinajstić information content (AvgIpc) is 2.59. The van der Waals surface area contributed by atoms with Gasteiger partial charge < -0.3 is 4.74 Å². The number of carbonyl (C=O) groups is 1. The monoisotopic (exact) mass is 322 g/mol. The largest absolute Gasteiger partial charge is 0.457 e. The van der Waals surface area contributed by atoms with E-state index in [9.17, 15) is 14.9 Å². The van der Waals surface area contributed by atoms with Gasteiger partial charge in [-0.15, -0.1) is 0 Å². The summed E-state index contributed by atoms with van der Waals surface area (Å²) in [4.78, 5) is 22.0. The molecular weight excluding hydrogens is 308 g/mol. The molecule has 0 amide bonds. The van der Waals surface area contributed by atoms with Crippen LogP contribution in [-0.2, 0) is 16.1 Å². The standard InChI is InChI=1S/C18H14N2O4/c1-13-2-4-14(5-3-13)10-16(11-19)18(21)24-12-15-6-8-17(9-7-15)20(22)23/h2-10H,12H2,1H3/b16-10+. The number of nitro benzene ring substituents is 1. The van der Waals surface area contributed by atoms with Crippen LogP contribution in [0, 0.1) is 28.4 Å². The Balaban J connectivity index is 2.03. The summed E-state index contributed by atoms with van der Waals surface area (Å²) in [5.74, 6) is -0.739. The number of aryl methyl sites for hydroxylation is 1. The molecule has 6 nitrogen and oxygen atoms in total. The van der Waals surface area contributed by atoms with E-state index in [4.69, 9.17) is 10.00 Å². The molecule has 0 fully saturated rings. The summed E-state index contributed by atoms with van der Waals surface area (Å²) in [6.07, 6.45) is 1.46. The predicted molar refractivity (Wildman–Crippen MR) is 87.7 cm³/mol. The van der Waals surface area contributed by atoms with E-state index in [1.165, 1.54) is 30.3 Å². The Morgan fingerprint density at radius 1 is 1.21 bits per heavy atom. The lowest BCUT2D eigenvalue weighted by molar-refractivity contribution is -0.384. The molecule has 2 aromatic carbocycles. The Labute approximate surface area is 138 Å². The van der Waals surface area contributed by atoms with Crippen molar-refractivity contribution in [2.45, 2.75) is 13.5 Å². The lowest BCUT2D eigenvalue weighted by Crippen LogP contribution is -2.06. The van der Waals surface area contributed by atoms with Crippen LogP contribution in [0.1, 0.15) is 16.7 Å². The highest BCUT2D eigenvalue weighted by Gasteiger charge is 2.11. The van der Waals surface area contributed by atoms with Gasteiger partial charge in [0.05, 0.1) is 4.92 Å². The number of hydrogen-bond acceptors (Lipinski definition) is 5. The van der Waals surface area contributed by atoms with E-state index in [-0.39, 0.29) is 17.9 Å². The minimum absolute atomic E-state index is 0.0398. The van der Waals surface area contributed by atoms with E-state index in [2.05, 4.69) is 0 Å². The van der Waals surface area contributed by atoms with Crippen LogP contribution in [0.2, 0.25) is 0 Å². The minimum Gasteiger partial charge on any atom is -0.457 e. The summed E-state index contributed by atoms with van der Waals surface area (Å²) >= 11 is 0. The summed E-state index contributed by atoms with van der Waals surface area (Å²) in [5.41, 5.74) is 2.25. The maximum Gasteiger partial charge on any atom is 0.349 e. The zero-order valence-corrected chi connectivity index (χ0v) is 12.9. The van der Waals surface area contributed by atoms with Crippen molar-refractivity contribution in [3.63, 3.8) is 0 Å². The Kier molecular flexibility index (Phi) is 5.42. The van der Waals surface area contributed by atoms with Gasteiger partial charge in [0.15, 0.2) is 0 Å². The van der Waals surface area contributed by atoms with Gasteiger partial charge in [0.1, 0.15) is 18.2 Å². The van der Waals surface area contributed by atoms with E-state index in [0.29, 0.717) is 5.56 Å². The van der Waals surface area contributed by atoms with Crippen molar-refractivity contribution in [2.24, 2.45) is 0 Å². The van der Waals surface area contributed by atoms with Gasteiger partial charge in [-0.25, -0.2) is 4.79 Å². The second-order valence-electron chi connectivity index (χ2n) is 5.08. The van der Waals surface area contributed by atoms with Crippen molar-refractivity contribution in [3.05, 3.63) is 80.9 Å². The third kappa shape index (κ3) is 4.52. The lowest BCUT2D eigenvalue weighted by atomic mass is 10.1. The molecule has 120 valence electrons. The average molecular weight is 322 g/mol. The van der Waals surface area contributed by atoms with Crippen LogP contribution in [0.3, 0.4) is 0 Å². The van der Waals surface area contributed by atoms with Crippen LogP contribution < -0.4 is 0 Å². The van der Waals surface area contributed by atoms with Crippen LogP contribution in [0.5, 0.6) is 0 Å². The number of ether oxygens (including phenoxy) is 1. The van der Waals surface area contributed by atoms with Crippen LogP contribution in [0.15, 0.2) is 54.1 Å². The fourth-order valence-corrected chi connectivity index (χ4v) is 1.91. The molecular formula is C18H14N2O4. The van der Waals surface area contributed by atoms with Crippen molar-refractivity contribution in [1.29, 1.82) is 5.26 Å². The molecule has 0 radical (unpaired) electrons. The topological polar surface area (TPSA) is 93.2 Å². The third-order valence-electron chi connectivity index (χ3n) is 3.25. The summed E-state index contributed by atoms with van der Waals surface area (Å²) in [6, 6.07) is 14.8. The minimum atomic E-state index is -0.739. The molecule has 2 aromatic rings. The van der Waals surface area contributed by atoms with Gasteiger partial charge in [0.25, 0.3) is 5.69 Å². The normalized spacial score (nSPS) is 10.8. The molecule has 0 bridgehead atoms. The highest BCUT2D eigenvalue weighted by molar-refractivity contribution is 5.97. The molecule has 2 rings (SSSR count). The lowest BCUT2D eigenvalue weighted by Gasteiger charge is -2.04. The number of esters is 1. The Bertz CT molecular complexity index is 816. The number of nitriles is 1. The van der Waals surface area contributed by atoms with Crippen LogP contribution in [0.4, 0.5) is 5.69 Å². The highest BCUT2D eigenvalue weighted by Crippen LogP contribution is 2.14. The van der Waals surface area contributed by atoms with Gasteiger partial charge in [-0.2, -0.15) is 5.26 Å². The molecule has 0 unspecified atom stereocenters. The van der Waals surface area contributed by atoms with Gasteiger partial charge in [-0.1, -0.05) is 29.8 Å². The molecule has 0 aliphatic heterocycles. The molecule has 0 saturated carbocycles. The first-order chi connectivity index (χ1) is 11.5. The summed E-state index contributed by atoms with van der Waals surface area (Å²) in [7, 11) is 0. The Morgan fingerprint density at radius 3 is 2.38 bits per heavy atom. The maximum atomic E-state index is 12.0. The zero-order chi connectivity index (χ0) is 17.5. The first kappa shape index (κ1) is 16.9. The predicted octanol–water partition coefficient (Wildman–Crippen LogP) is 3.55. The van der Waals surface area contributed by atoms with E-state index < -0.39 is 10.9 Å². The van der Waals surface area contributed by atoms with Crippen LogP contribution >= 0.6 is 0 Å². The van der Waals surface area contributed by atoms with E-state index in [1.54, 1.807) is 12.1 Å². The molecule has 0 saturated heterocycles. The fraction of sp³-hybridized carbons (Fsp3) is 0.111.